The first-order valence-corrected chi connectivity index (χ1v) is 13.9. The predicted molar refractivity (Wildman–Crippen MR) is 138 cm³/mol. The number of esters is 2. The molecule has 37 heavy (non-hydrogen) atoms. The average Bonchev–Trinajstić information content (AvgIpc) is 2.93. The van der Waals surface area contributed by atoms with E-state index in [9.17, 15) is 9.59 Å². The zero-order valence-corrected chi connectivity index (χ0v) is 22.8. The van der Waals surface area contributed by atoms with E-state index >= 15 is 0 Å². The van der Waals surface area contributed by atoms with Crippen molar-refractivity contribution in [2.24, 2.45) is 11.8 Å². The monoisotopic (exact) mass is 520 g/mol. The molecule has 0 aliphatic carbocycles. The lowest BCUT2D eigenvalue weighted by Crippen LogP contribution is -2.41. The molecule has 2 aliphatic rings. The Hall–Kier alpha value is -2.00. The molecule has 8 heteroatoms. The van der Waals surface area contributed by atoms with Gasteiger partial charge in [0.1, 0.15) is 12.2 Å². The quantitative estimate of drug-likeness (QED) is 0.314. The molecule has 1 aromatic rings. The largest absolute Gasteiger partial charge is 0.454 e. The maximum absolute atomic E-state index is 12.7. The van der Waals surface area contributed by atoms with Gasteiger partial charge in [-0.2, -0.15) is 0 Å². The van der Waals surface area contributed by atoms with Crippen LogP contribution in [0.4, 0.5) is 0 Å². The molecule has 0 aromatic heterocycles. The van der Waals surface area contributed by atoms with Crippen molar-refractivity contribution in [1.82, 2.24) is 0 Å². The van der Waals surface area contributed by atoms with Crippen LogP contribution in [0.2, 0.25) is 0 Å². The van der Waals surface area contributed by atoms with Crippen LogP contribution in [0, 0.1) is 11.8 Å². The summed E-state index contributed by atoms with van der Waals surface area (Å²) < 4.78 is 34.5. The minimum atomic E-state index is -0.533. The molecular weight excluding hydrogens is 476 g/mol. The molecule has 2 fully saturated rings. The maximum atomic E-state index is 12.7. The summed E-state index contributed by atoms with van der Waals surface area (Å²) in [4.78, 5) is 25.5. The van der Waals surface area contributed by atoms with Crippen LogP contribution in [0.5, 0.6) is 0 Å². The molecule has 0 N–H and O–H groups in total. The van der Waals surface area contributed by atoms with E-state index in [4.69, 9.17) is 28.4 Å². The van der Waals surface area contributed by atoms with Gasteiger partial charge < -0.3 is 28.4 Å². The molecular formula is C29H44O8. The van der Waals surface area contributed by atoms with Crippen LogP contribution in [0.15, 0.2) is 24.3 Å². The molecule has 0 amide bonds. The van der Waals surface area contributed by atoms with Crippen molar-refractivity contribution in [3.8, 4) is 0 Å². The highest BCUT2D eigenvalue weighted by molar-refractivity contribution is 5.95. The number of unbranched alkanes of at least 4 members (excludes halogenated alkanes) is 2. The number of carbonyl (C=O) groups is 2. The van der Waals surface area contributed by atoms with Gasteiger partial charge in [0.2, 0.25) is 0 Å². The van der Waals surface area contributed by atoms with E-state index < -0.39 is 24.1 Å². The number of hydrogen-bond acceptors (Lipinski definition) is 8. The predicted octanol–water partition coefficient (Wildman–Crippen LogP) is 5.53. The van der Waals surface area contributed by atoms with Gasteiger partial charge >= 0.3 is 11.9 Å². The van der Waals surface area contributed by atoms with E-state index in [0.29, 0.717) is 25.0 Å². The normalized spacial score (nSPS) is 25.7. The number of rotatable bonds is 13. The van der Waals surface area contributed by atoms with Crippen LogP contribution in [-0.2, 0) is 28.4 Å². The van der Waals surface area contributed by atoms with Gasteiger partial charge in [0.15, 0.2) is 12.6 Å². The van der Waals surface area contributed by atoms with Crippen LogP contribution in [0.25, 0.3) is 0 Å². The number of carbonyl (C=O) groups excluding carboxylic acids is 2. The second kappa shape index (κ2) is 15.4. The van der Waals surface area contributed by atoms with E-state index in [2.05, 4.69) is 27.7 Å². The highest BCUT2D eigenvalue weighted by Crippen LogP contribution is 2.25. The molecule has 2 aliphatic heterocycles. The molecule has 0 radical (unpaired) electrons. The van der Waals surface area contributed by atoms with E-state index in [1.165, 1.54) is 6.07 Å². The Morgan fingerprint density at radius 2 is 1.30 bits per heavy atom. The second-order valence-electron chi connectivity index (χ2n) is 10.1. The van der Waals surface area contributed by atoms with Crippen molar-refractivity contribution in [2.75, 3.05) is 26.4 Å². The Bertz CT molecular complexity index is 827. The second-order valence-corrected chi connectivity index (χ2v) is 10.1. The van der Waals surface area contributed by atoms with Crippen molar-refractivity contribution < 1.29 is 38.0 Å². The fraction of sp³-hybridized carbons (Fsp3) is 0.724. The first kappa shape index (κ1) is 29.6. The van der Waals surface area contributed by atoms with Crippen molar-refractivity contribution in [3.63, 3.8) is 0 Å². The molecule has 0 saturated carbocycles. The standard InChI is InChI=1S/C29H44O8/c1-5-8-11-20(4)28-32-16-24(17-33-28)36-26(30)22-13-10-14-23(15-22)27(31)37-25-18-34-29(35-19-25)21(7-3)12-9-6-2/h10,13-15,20-21,24-25,28-29H,5-9,11-12,16-19H2,1-4H3. The van der Waals surface area contributed by atoms with Gasteiger partial charge in [0.05, 0.1) is 37.6 Å². The fourth-order valence-corrected chi connectivity index (χ4v) is 4.61. The molecule has 208 valence electrons. The Labute approximate surface area is 221 Å². The highest BCUT2D eigenvalue weighted by Gasteiger charge is 2.31. The summed E-state index contributed by atoms with van der Waals surface area (Å²) in [6.07, 6.45) is 6.09. The van der Waals surface area contributed by atoms with Crippen LogP contribution < -0.4 is 0 Å². The van der Waals surface area contributed by atoms with Crippen LogP contribution in [0.3, 0.4) is 0 Å². The highest BCUT2D eigenvalue weighted by atomic mass is 16.7. The topological polar surface area (TPSA) is 89.5 Å². The number of ether oxygens (including phenoxy) is 6. The number of hydrogen-bond donors (Lipinski definition) is 0. The summed E-state index contributed by atoms with van der Waals surface area (Å²) >= 11 is 0. The van der Waals surface area contributed by atoms with E-state index in [-0.39, 0.29) is 36.9 Å². The summed E-state index contributed by atoms with van der Waals surface area (Å²) in [6.45, 7) is 9.73. The molecule has 0 spiro atoms. The summed E-state index contributed by atoms with van der Waals surface area (Å²) in [7, 11) is 0. The molecule has 3 rings (SSSR count). The first-order chi connectivity index (χ1) is 17.9. The van der Waals surface area contributed by atoms with Crippen LogP contribution >= 0.6 is 0 Å². The van der Waals surface area contributed by atoms with E-state index in [1.807, 2.05) is 0 Å². The van der Waals surface area contributed by atoms with Gasteiger partial charge in [-0.25, -0.2) is 9.59 Å². The number of benzene rings is 1. The lowest BCUT2D eigenvalue weighted by atomic mass is 9.98. The minimum absolute atomic E-state index is 0.257. The van der Waals surface area contributed by atoms with Crippen molar-refractivity contribution >= 4 is 11.9 Å². The zero-order chi connectivity index (χ0) is 26.6. The van der Waals surface area contributed by atoms with Crippen LogP contribution in [0.1, 0.15) is 93.4 Å². The minimum Gasteiger partial charge on any atom is -0.454 e. The first-order valence-electron chi connectivity index (χ1n) is 13.9. The Morgan fingerprint density at radius 1 is 0.811 bits per heavy atom. The molecule has 2 atom stereocenters. The molecule has 0 bridgehead atoms. The van der Waals surface area contributed by atoms with Gasteiger partial charge in [0, 0.05) is 11.8 Å². The zero-order valence-electron chi connectivity index (χ0n) is 22.8. The molecule has 1 aromatic carbocycles. The summed E-state index contributed by atoms with van der Waals surface area (Å²) in [6, 6.07) is 6.34. The SMILES string of the molecule is CCCCC(C)C1OCC(OC(=O)c2cccc(C(=O)OC3COC(C(CC)CCCC)OC3)c2)CO1. The van der Waals surface area contributed by atoms with E-state index in [1.54, 1.807) is 18.2 Å². The summed E-state index contributed by atoms with van der Waals surface area (Å²) in [5.41, 5.74) is 0.540. The van der Waals surface area contributed by atoms with Gasteiger partial charge in [-0.15, -0.1) is 0 Å². The van der Waals surface area contributed by atoms with Crippen molar-refractivity contribution in [1.29, 1.82) is 0 Å². The lowest BCUT2D eigenvalue weighted by Gasteiger charge is -2.33. The molecule has 2 heterocycles. The van der Waals surface area contributed by atoms with Gasteiger partial charge in [-0.05, 0) is 37.5 Å². The Balaban J connectivity index is 1.45. The van der Waals surface area contributed by atoms with Crippen molar-refractivity contribution in [2.45, 2.75) is 97.4 Å². The van der Waals surface area contributed by atoms with E-state index in [0.717, 1.165) is 44.9 Å². The fourth-order valence-electron chi connectivity index (χ4n) is 4.61. The van der Waals surface area contributed by atoms with Gasteiger partial charge in [0.25, 0.3) is 0 Å². The molecule has 8 nitrogen and oxygen atoms in total. The molecule has 2 unspecified atom stereocenters. The smallest absolute Gasteiger partial charge is 0.338 e. The summed E-state index contributed by atoms with van der Waals surface area (Å²) in [5, 5.41) is 0. The Morgan fingerprint density at radius 3 is 1.78 bits per heavy atom. The third kappa shape index (κ3) is 9.06. The van der Waals surface area contributed by atoms with Crippen molar-refractivity contribution in [3.05, 3.63) is 35.4 Å². The summed E-state index contributed by atoms with van der Waals surface area (Å²) in [5.74, 6) is -0.431. The molecule has 2 saturated heterocycles. The van der Waals surface area contributed by atoms with Gasteiger partial charge in [-0.3, -0.25) is 0 Å². The third-order valence-corrected chi connectivity index (χ3v) is 6.98. The lowest BCUT2D eigenvalue weighted by molar-refractivity contribution is -0.238. The Kier molecular flexibility index (Phi) is 12.3. The van der Waals surface area contributed by atoms with Crippen LogP contribution in [-0.4, -0.2) is 63.2 Å². The third-order valence-electron chi connectivity index (χ3n) is 6.98. The average molecular weight is 521 g/mol. The maximum Gasteiger partial charge on any atom is 0.338 e. The van der Waals surface area contributed by atoms with Gasteiger partial charge in [-0.1, -0.05) is 59.4 Å².